The van der Waals surface area contributed by atoms with Crippen LogP contribution in [0.4, 0.5) is 4.79 Å². The molecule has 0 aromatic heterocycles. The van der Waals surface area contributed by atoms with Crippen molar-refractivity contribution in [3.8, 4) is 0 Å². The molecular weight excluding hydrogens is 168 g/mol. The van der Waals surface area contributed by atoms with Crippen LogP contribution in [0.3, 0.4) is 0 Å². The Hall–Kier alpha value is -1.19. The van der Waals surface area contributed by atoms with Crippen molar-refractivity contribution in [3.63, 3.8) is 0 Å². The maximum atomic E-state index is 11.3. The molecule has 72 valence electrons. The number of cyclic esters (lactones) is 1. The lowest BCUT2D eigenvalue weighted by Gasteiger charge is -2.30. The van der Waals surface area contributed by atoms with Gasteiger partial charge in [0.15, 0.2) is 0 Å². The lowest BCUT2D eigenvalue weighted by molar-refractivity contribution is 0.0837. The molecule has 1 saturated heterocycles. The fourth-order valence-corrected chi connectivity index (χ4v) is 1.66. The number of rotatable bonds is 1. The molecular formula is C9H14N2O2. The molecule has 2 aliphatic rings. The van der Waals surface area contributed by atoms with Crippen LogP contribution in [-0.4, -0.2) is 30.7 Å². The predicted molar refractivity (Wildman–Crippen MR) is 48.0 cm³/mol. The van der Waals surface area contributed by atoms with Crippen LogP contribution in [0, 0.1) is 0 Å². The third kappa shape index (κ3) is 1.76. The van der Waals surface area contributed by atoms with Crippen LogP contribution in [0.2, 0.25) is 0 Å². The first kappa shape index (κ1) is 8.41. The average Bonchev–Trinajstić information content (AvgIpc) is 2.20. The predicted octanol–water partition coefficient (Wildman–Crippen LogP) is 1.05. The van der Waals surface area contributed by atoms with Crippen molar-refractivity contribution < 1.29 is 9.53 Å². The van der Waals surface area contributed by atoms with E-state index in [-0.39, 0.29) is 6.09 Å². The van der Waals surface area contributed by atoms with Gasteiger partial charge in [0.05, 0.1) is 6.61 Å². The number of ether oxygens (including phenoxy) is 1. The Morgan fingerprint density at radius 1 is 1.46 bits per heavy atom. The van der Waals surface area contributed by atoms with Gasteiger partial charge in [-0.3, -0.25) is 4.90 Å². The van der Waals surface area contributed by atoms with E-state index in [1.807, 2.05) is 6.20 Å². The lowest BCUT2D eigenvalue weighted by Crippen LogP contribution is -2.38. The summed E-state index contributed by atoms with van der Waals surface area (Å²) in [6, 6.07) is 0. The monoisotopic (exact) mass is 182 g/mol. The van der Waals surface area contributed by atoms with Gasteiger partial charge < -0.3 is 10.1 Å². The van der Waals surface area contributed by atoms with Crippen LogP contribution in [0.5, 0.6) is 0 Å². The molecule has 1 fully saturated rings. The molecule has 0 atom stereocenters. The smallest absolute Gasteiger partial charge is 0.414 e. The van der Waals surface area contributed by atoms with E-state index in [9.17, 15) is 4.79 Å². The Labute approximate surface area is 77.5 Å². The minimum atomic E-state index is -0.193. The van der Waals surface area contributed by atoms with Crippen molar-refractivity contribution in [2.24, 2.45) is 0 Å². The highest BCUT2D eigenvalue weighted by Crippen LogP contribution is 2.17. The zero-order chi connectivity index (χ0) is 9.10. The van der Waals surface area contributed by atoms with E-state index >= 15 is 0 Å². The Morgan fingerprint density at radius 2 is 2.38 bits per heavy atom. The number of allylic oxidation sites excluding steroid dienone is 1. The van der Waals surface area contributed by atoms with Crippen molar-refractivity contribution in [1.82, 2.24) is 10.2 Å². The number of nitrogens with one attached hydrogen (secondary N) is 1. The van der Waals surface area contributed by atoms with E-state index < -0.39 is 0 Å². The van der Waals surface area contributed by atoms with Crippen LogP contribution in [0.15, 0.2) is 11.9 Å². The van der Waals surface area contributed by atoms with E-state index in [0.717, 1.165) is 38.0 Å². The maximum Gasteiger partial charge on any atom is 0.414 e. The topological polar surface area (TPSA) is 41.6 Å². The molecule has 2 aliphatic heterocycles. The van der Waals surface area contributed by atoms with Crippen molar-refractivity contribution in [1.29, 1.82) is 0 Å². The minimum absolute atomic E-state index is 0.193. The molecule has 0 bridgehead atoms. The van der Waals surface area contributed by atoms with Crippen molar-refractivity contribution >= 4 is 6.09 Å². The normalized spacial score (nSPS) is 23.2. The minimum Gasteiger partial charge on any atom is -0.449 e. The van der Waals surface area contributed by atoms with Crippen LogP contribution in [-0.2, 0) is 4.74 Å². The third-order valence-electron chi connectivity index (χ3n) is 2.34. The van der Waals surface area contributed by atoms with E-state index in [0.29, 0.717) is 6.61 Å². The second-order valence-corrected chi connectivity index (χ2v) is 3.31. The molecule has 0 unspecified atom stereocenters. The van der Waals surface area contributed by atoms with E-state index in [4.69, 9.17) is 4.74 Å². The highest BCUT2D eigenvalue weighted by atomic mass is 16.6. The quantitative estimate of drug-likeness (QED) is 0.659. The fourth-order valence-electron chi connectivity index (χ4n) is 1.66. The Balaban J connectivity index is 2.04. The second kappa shape index (κ2) is 3.68. The molecule has 1 amide bonds. The molecule has 2 rings (SSSR count). The first-order valence-electron chi connectivity index (χ1n) is 4.74. The fraction of sp³-hybridized carbons (Fsp3) is 0.667. The number of carbonyl (C=O) groups excluding carboxylic acids is 1. The number of nitrogens with zero attached hydrogens (tertiary/aromatic N) is 1. The van der Waals surface area contributed by atoms with E-state index in [1.54, 1.807) is 4.90 Å². The lowest BCUT2D eigenvalue weighted by atomic mass is 10.2. The summed E-state index contributed by atoms with van der Waals surface area (Å²) in [7, 11) is 0. The summed E-state index contributed by atoms with van der Waals surface area (Å²) in [5, 5.41) is 3.14. The molecule has 0 spiro atoms. The highest BCUT2D eigenvalue weighted by molar-refractivity contribution is 5.70. The van der Waals surface area contributed by atoms with Gasteiger partial charge in [-0.05, 0) is 19.3 Å². The summed E-state index contributed by atoms with van der Waals surface area (Å²) in [6.07, 6.45) is 4.73. The molecule has 0 aliphatic carbocycles. The van der Waals surface area contributed by atoms with Gasteiger partial charge in [0.25, 0.3) is 0 Å². The van der Waals surface area contributed by atoms with Gasteiger partial charge in [0.2, 0.25) is 0 Å². The first-order chi connectivity index (χ1) is 6.38. The summed E-state index contributed by atoms with van der Waals surface area (Å²) < 4.78 is 4.96. The summed E-state index contributed by atoms with van der Waals surface area (Å²) in [5.41, 5.74) is 1.07. The van der Waals surface area contributed by atoms with Crippen LogP contribution in [0.1, 0.15) is 19.3 Å². The Morgan fingerprint density at radius 3 is 3.08 bits per heavy atom. The Bertz CT molecular complexity index is 238. The highest BCUT2D eigenvalue weighted by Gasteiger charge is 2.23. The SMILES string of the molecule is O=C1OCCCN1C1=CNCCC1. The van der Waals surface area contributed by atoms with E-state index in [2.05, 4.69) is 5.32 Å². The van der Waals surface area contributed by atoms with Crippen molar-refractivity contribution in [2.75, 3.05) is 19.7 Å². The van der Waals surface area contributed by atoms with Crippen LogP contribution >= 0.6 is 0 Å². The maximum absolute atomic E-state index is 11.3. The average molecular weight is 182 g/mol. The third-order valence-corrected chi connectivity index (χ3v) is 2.34. The molecule has 0 aromatic carbocycles. The largest absolute Gasteiger partial charge is 0.449 e. The van der Waals surface area contributed by atoms with Gasteiger partial charge in [0, 0.05) is 25.0 Å². The summed E-state index contributed by atoms with van der Waals surface area (Å²) in [6.45, 7) is 2.37. The van der Waals surface area contributed by atoms with Crippen molar-refractivity contribution in [3.05, 3.63) is 11.9 Å². The Kier molecular flexibility index (Phi) is 2.38. The van der Waals surface area contributed by atoms with Gasteiger partial charge in [0.1, 0.15) is 0 Å². The zero-order valence-corrected chi connectivity index (χ0v) is 7.58. The summed E-state index contributed by atoms with van der Waals surface area (Å²) in [5.74, 6) is 0. The molecule has 13 heavy (non-hydrogen) atoms. The van der Waals surface area contributed by atoms with Gasteiger partial charge in [-0.2, -0.15) is 0 Å². The molecule has 1 N–H and O–H groups in total. The number of hydrogen-bond acceptors (Lipinski definition) is 3. The summed E-state index contributed by atoms with van der Waals surface area (Å²) in [4.78, 5) is 13.1. The standard InChI is InChI=1S/C9H14N2O2/c12-9-11(5-2-6-13-9)8-3-1-4-10-7-8/h7,10H,1-6H2. The number of hydrogen-bond donors (Lipinski definition) is 1. The van der Waals surface area contributed by atoms with E-state index in [1.165, 1.54) is 0 Å². The number of amides is 1. The molecule has 4 nitrogen and oxygen atoms in total. The molecule has 4 heteroatoms. The molecule has 0 saturated carbocycles. The van der Waals surface area contributed by atoms with Gasteiger partial charge >= 0.3 is 6.09 Å². The van der Waals surface area contributed by atoms with Crippen molar-refractivity contribution in [2.45, 2.75) is 19.3 Å². The van der Waals surface area contributed by atoms with Crippen LogP contribution < -0.4 is 5.32 Å². The molecule has 2 heterocycles. The van der Waals surface area contributed by atoms with Gasteiger partial charge in [-0.25, -0.2) is 4.79 Å². The summed E-state index contributed by atoms with van der Waals surface area (Å²) >= 11 is 0. The second-order valence-electron chi connectivity index (χ2n) is 3.31. The van der Waals surface area contributed by atoms with Gasteiger partial charge in [-0.15, -0.1) is 0 Å². The number of carbonyl (C=O) groups is 1. The molecule has 0 aromatic rings. The molecule has 0 radical (unpaired) electrons. The first-order valence-corrected chi connectivity index (χ1v) is 4.74. The zero-order valence-electron chi connectivity index (χ0n) is 7.58. The van der Waals surface area contributed by atoms with Crippen LogP contribution in [0.25, 0.3) is 0 Å². The van der Waals surface area contributed by atoms with Gasteiger partial charge in [-0.1, -0.05) is 0 Å².